The number of anilines is 1. The van der Waals surface area contributed by atoms with Crippen molar-refractivity contribution in [2.75, 3.05) is 11.9 Å². The van der Waals surface area contributed by atoms with E-state index < -0.39 is 0 Å². The first-order chi connectivity index (χ1) is 9.76. The molecular formula is C13H11BrN4OS. The van der Waals surface area contributed by atoms with Crippen LogP contribution in [0.25, 0.3) is 10.2 Å². The summed E-state index contributed by atoms with van der Waals surface area (Å²) in [6.07, 6.45) is 3.36. The number of pyridine rings is 1. The van der Waals surface area contributed by atoms with Gasteiger partial charge in [0.15, 0.2) is 0 Å². The molecule has 0 aliphatic rings. The molecule has 0 aliphatic heterocycles. The lowest BCUT2D eigenvalue weighted by molar-refractivity contribution is 0.466. The fourth-order valence-electron chi connectivity index (χ4n) is 1.70. The Morgan fingerprint density at radius 1 is 1.35 bits per heavy atom. The minimum Gasteiger partial charge on any atom is -0.436 e. The maximum Gasteiger partial charge on any atom is 0.232 e. The number of thiophene rings is 1. The summed E-state index contributed by atoms with van der Waals surface area (Å²) in [5, 5.41) is 5.98. The lowest BCUT2D eigenvalue weighted by atomic mass is 10.4. The molecule has 0 amide bonds. The molecule has 0 aromatic carbocycles. The van der Waals surface area contributed by atoms with Gasteiger partial charge in [-0.1, -0.05) is 0 Å². The molecule has 0 aliphatic carbocycles. The number of ether oxygens (including phenoxy) is 1. The van der Waals surface area contributed by atoms with Crippen LogP contribution in [0.3, 0.4) is 0 Å². The second kappa shape index (κ2) is 5.72. The molecule has 0 saturated heterocycles. The molecule has 0 fully saturated rings. The highest BCUT2D eigenvalue weighted by atomic mass is 79.9. The first-order valence-electron chi connectivity index (χ1n) is 6.04. The first-order valence-corrected chi connectivity index (χ1v) is 7.71. The molecule has 3 aromatic rings. The standard InChI is InChI=1S/C13H11BrN4OS/c1-2-16-13-17-11(10-3-4-20-12(10)18-13)19-9-5-8(14)6-15-7-9/h3-7H,2H2,1H3,(H,16,17,18). The summed E-state index contributed by atoms with van der Waals surface area (Å²) in [6, 6.07) is 3.80. The Labute approximate surface area is 128 Å². The molecular weight excluding hydrogens is 340 g/mol. The van der Waals surface area contributed by atoms with Crippen LogP contribution in [-0.4, -0.2) is 21.5 Å². The summed E-state index contributed by atoms with van der Waals surface area (Å²) in [7, 11) is 0. The van der Waals surface area contributed by atoms with E-state index in [2.05, 4.69) is 36.2 Å². The third-order valence-electron chi connectivity index (χ3n) is 2.52. The van der Waals surface area contributed by atoms with E-state index in [-0.39, 0.29) is 0 Å². The Bertz CT molecular complexity index is 746. The quantitative estimate of drug-likeness (QED) is 0.768. The highest BCUT2D eigenvalue weighted by Gasteiger charge is 2.11. The largest absolute Gasteiger partial charge is 0.436 e. The molecule has 0 spiro atoms. The number of aromatic nitrogens is 3. The number of fused-ring (bicyclic) bond motifs is 1. The third-order valence-corrected chi connectivity index (χ3v) is 3.76. The molecule has 3 aromatic heterocycles. The van der Waals surface area contributed by atoms with E-state index in [1.807, 2.05) is 24.4 Å². The molecule has 0 unspecified atom stereocenters. The van der Waals surface area contributed by atoms with Gasteiger partial charge >= 0.3 is 0 Å². The third kappa shape index (κ3) is 2.73. The van der Waals surface area contributed by atoms with E-state index in [0.29, 0.717) is 17.6 Å². The van der Waals surface area contributed by atoms with Crippen molar-refractivity contribution in [3.05, 3.63) is 34.4 Å². The van der Waals surface area contributed by atoms with Crippen LogP contribution in [0.1, 0.15) is 6.92 Å². The van der Waals surface area contributed by atoms with E-state index in [1.54, 1.807) is 23.7 Å². The van der Waals surface area contributed by atoms with Crippen LogP contribution in [0.4, 0.5) is 5.95 Å². The van der Waals surface area contributed by atoms with Crippen molar-refractivity contribution in [1.29, 1.82) is 0 Å². The van der Waals surface area contributed by atoms with Gasteiger partial charge in [-0.2, -0.15) is 4.98 Å². The molecule has 0 saturated carbocycles. The first kappa shape index (κ1) is 13.3. The molecule has 3 heterocycles. The maximum atomic E-state index is 5.84. The predicted molar refractivity (Wildman–Crippen MR) is 83.6 cm³/mol. The van der Waals surface area contributed by atoms with Gasteiger partial charge in [-0.25, -0.2) is 4.98 Å². The monoisotopic (exact) mass is 350 g/mol. The SMILES string of the molecule is CCNc1nc(Oc2cncc(Br)c2)c2ccsc2n1. The number of nitrogens with zero attached hydrogens (tertiary/aromatic N) is 3. The van der Waals surface area contributed by atoms with Crippen LogP contribution in [-0.2, 0) is 0 Å². The Morgan fingerprint density at radius 3 is 3.05 bits per heavy atom. The van der Waals surface area contributed by atoms with Gasteiger partial charge in [0.05, 0.1) is 11.6 Å². The lowest BCUT2D eigenvalue weighted by Gasteiger charge is -2.08. The summed E-state index contributed by atoms with van der Waals surface area (Å²) < 4.78 is 6.70. The summed E-state index contributed by atoms with van der Waals surface area (Å²) in [5.41, 5.74) is 0. The van der Waals surface area contributed by atoms with E-state index in [1.165, 1.54) is 0 Å². The van der Waals surface area contributed by atoms with Crippen molar-refractivity contribution in [3.63, 3.8) is 0 Å². The Kier molecular flexibility index (Phi) is 3.79. The fourth-order valence-corrected chi connectivity index (χ4v) is 2.80. The average molecular weight is 351 g/mol. The maximum absolute atomic E-state index is 5.84. The number of hydrogen-bond acceptors (Lipinski definition) is 6. The van der Waals surface area contributed by atoms with Gasteiger partial charge in [-0.15, -0.1) is 11.3 Å². The number of halogens is 1. The highest BCUT2D eigenvalue weighted by molar-refractivity contribution is 9.10. The van der Waals surface area contributed by atoms with Crippen molar-refractivity contribution < 1.29 is 4.74 Å². The van der Waals surface area contributed by atoms with Crippen LogP contribution in [0.15, 0.2) is 34.4 Å². The average Bonchev–Trinajstić information content (AvgIpc) is 2.87. The molecule has 5 nitrogen and oxygen atoms in total. The molecule has 7 heteroatoms. The van der Waals surface area contributed by atoms with Crippen molar-refractivity contribution in [3.8, 4) is 11.6 Å². The van der Waals surface area contributed by atoms with Crippen LogP contribution in [0, 0.1) is 0 Å². The minimum absolute atomic E-state index is 0.534. The van der Waals surface area contributed by atoms with Gasteiger partial charge < -0.3 is 10.1 Å². The van der Waals surface area contributed by atoms with Crippen molar-refractivity contribution in [2.24, 2.45) is 0 Å². The van der Waals surface area contributed by atoms with E-state index in [4.69, 9.17) is 4.74 Å². The predicted octanol–water partition coefficient (Wildman–Crippen LogP) is 4.07. The van der Waals surface area contributed by atoms with Crippen molar-refractivity contribution in [1.82, 2.24) is 15.0 Å². The smallest absolute Gasteiger partial charge is 0.232 e. The second-order valence-electron chi connectivity index (χ2n) is 3.96. The highest BCUT2D eigenvalue weighted by Crippen LogP contribution is 2.31. The van der Waals surface area contributed by atoms with Crippen LogP contribution in [0.2, 0.25) is 0 Å². The topological polar surface area (TPSA) is 59.9 Å². The molecule has 102 valence electrons. The van der Waals surface area contributed by atoms with E-state index in [0.717, 1.165) is 21.2 Å². The van der Waals surface area contributed by atoms with Crippen LogP contribution >= 0.6 is 27.3 Å². The molecule has 0 radical (unpaired) electrons. The fraction of sp³-hybridized carbons (Fsp3) is 0.154. The number of nitrogens with one attached hydrogen (secondary N) is 1. The second-order valence-corrected chi connectivity index (χ2v) is 5.77. The molecule has 1 N–H and O–H groups in total. The van der Waals surface area contributed by atoms with Crippen molar-refractivity contribution in [2.45, 2.75) is 6.92 Å². The summed E-state index contributed by atoms with van der Waals surface area (Å²) >= 11 is 4.93. The van der Waals surface area contributed by atoms with Gasteiger partial charge in [-0.05, 0) is 40.4 Å². The molecule has 0 bridgehead atoms. The van der Waals surface area contributed by atoms with Crippen LogP contribution < -0.4 is 10.1 Å². The van der Waals surface area contributed by atoms with Gasteiger partial charge in [0, 0.05) is 17.2 Å². The number of hydrogen-bond donors (Lipinski definition) is 1. The van der Waals surface area contributed by atoms with E-state index >= 15 is 0 Å². The van der Waals surface area contributed by atoms with Crippen LogP contribution in [0.5, 0.6) is 11.6 Å². The normalized spacial score (nSPS) is 10.7. The Hall–Kier alpha value is -1.73. The van der Waals surface area contributed by atoms with Gasteiger partial charge in [0.2, 0.25) is 11.8 Å². The van der Waals surface area contributed by atoms with Gasteiger partial charge in [0.25, 0.3) is 0 Å². The van der Waals surface area contributed by atoms with Gasteiger partial charge in [-0.3, -0.25) is 4.98 Å². The number of rotatable bonds is 4. The van der Waals surface area contributed by atoms with Crippen molar-refractivity contribution >= 4 is 43.4 Å². The molecule has 0 atom stereocenters. The zero-order chi connectivity index (χ0) is 13.9. The minimum atomic E-state index is 0.534. The zero-order valence-electron chi connectivity index (χ0n) is 10.6. The Balaban J connectivity index is 2.02. The van der Waals surface area contributed by atoms with Gasteiger partial charge in [0.1, 0.15) is 10.6 Å². The summed E-state index contributed by atoms with van der Waals surface area (Å²) in [6.45, 7) is 2.76. The Morgan fingerprint density at radius 2 is 2.25 bits per heavy atom. The molecule has 20 heavy (non-hydrogen) atoms. The van der Waals surface area contributed by atoms with E-state index in [9.17, 15) is 0 Å². The zero-order valence-corrected chi connectivity index (χ0v) is 13.0. The summed E-state index contributed by atoms with van der Waals surface area (Å²) in [5.74, 6) is 1.74. The lowest BCUT2D eigenvalue weighted by Crippen LogP contribution is -2.02. The summed E-state index contributed by atoms with van der Waals surface area (Å²) in [4.78, 5) is 13.8. The molecule has 3 rings (SSSR count).